The zero-order valence-corrected chi connectivity index (χ0v) is 24.2. The summed E-state index contributed by atoms with van der Waals surface area (Å²) in [4.78, 5) is 38.0. The molecule has 0 bridgehead atoms. The molecule has 1 amide bonds. The molecule has 9 nitrogen and oxygen atoms in total. The SMILES string of the molecule is Cc1c(C(=O)NCC#Cc2ccc3nc(Nc4ccc(CN(C)C)cc4)ncc3c2)c(=O)n(Cc2cccs2)n1C. The second-order valence-electron chi connectivity index (χ2n) is 9.94. The van der Waals surface area contributed by atoms with Gasteiger partial charge in [-0.25, -0.2) is 14.6 Å². The molecule has 2 aromatic carbocycles. The van der Waals surface area contributed by atoms with Crippen LogP contribution in [0.25, 0.3) is 10.9 Å². The first kappa shape index (κ1) is 27.8. The Kier molecular flexibility index (Phi) is 8.29. The first-order valence-corrected chi connectivity index (χ1v) is 14.0. The third kappa shape index (κ3) is 6.54. The van der Waals surface area contributed by atoms with E-state index in [-0.39, 0.29) is 17.7 Å². The number of anilines is 2. The third-order valence-corrected chi connectivity index (χ3v) is 7.49. The molecule has 0 aliphatic rings. The fraction of sp³-hybridized carbons (Fsp3) is 0.226. The highest BCUT2D eigenvalue weighted by Gasteiger charge is 2.21. The summed E-state index contributed by atoms with van der Waals surface area (Å²) < 4.78 is 3.30. The van der Waals surface area contributed by atoms with Crippen molar-refractivity contribution in [3.05, 3.63) is 104 Å². The third-order valence-electron chi connectivity index (χ3n) is 6.63. The number of carbonyl (C=O) groups excluding carboxylic acids is 1. The van der Waals surface area contributed by atoms with Crippen LogP contribution >= 0.6 is 11.3 Å². The van der Waals surface area contributed by atoms with Gasteiger partial charge in [-0.15, -0.1) is 11.3 Å². The van der Waals surface area contributed by atoms with E-state index in [2.05, 4.69) is 49.5 Å². The number of fused-ring (bicyclic) bond motifs is 1. The number of rotatable bonds is 8. The lowest BCUT2D eigenvalue weighted by Crippen LogP contribution is -2.31. The number of nitrogens with zero attached hydrogens (tertiary/aromatic N) is 5. The molecular weight excluding hydrogens is 534 g/mol. The molecule has 3 heterocycles. The van der Waals surface area contributed by atoms with Gasteiger partial charge in [0.1, 0.15) is 5.56 Å². The molecule has 0 saturated heterocycles. The minimum Gasteiger partial charge on any atom is -0.341 e. The summed E-state index contributed by atoms with van der Waals surface area (Å²) in [5, 5.41) is 8.84. The fourth-order valence-corrected chi connectivity index (χ4v) is 5.16. The Labute approximate surface area is 242 Å². The number of hydrogen-bond acceptors (Lipinski definition) is 7. The van der Waals surface area contributed by atoms with Gasteiger partial charge in [-0.3, -0.25) is 14.3 Å². The van der Waals surface area contributed by atoms with Crippen molar-refractivity contribution in [3.8, 4) is 11.8 Å². The molecule has 0 saturated carbocycles. The number of benzene rings is 2. The van der Waals surface area contributed by atoms with Gasteiger partial charge < -0.3 is 15.5 Å². The quantitative estimate of drug-likeness (QED) is 0.275. The minimum atomic E-state index is -0.429. The largest absolute Gasteiger partial charge is 0.341 e. The van der Waals surface area contributed by atoms with Crippen LogP contribution in [0.5, 0.6) is 0 Å². The van der Waals surface area contributed by atoms with Gasteiger partial charge in [0.25, 0.3) is 11.5 Å². The average Bonchev–Trinajstić information content (AvgIpc) is 3.54. The Morgan fingerprint density at radius 1 is 1.12 bits per heavy atom. The highest BCUT2D eigenvalue weighted by atomic mass is 32.1. The smallest absolute Gasteiger partial charge is 0.280 e. The van der Waals surface area contributed by atoms with Gasteiger partial charge in [0.15, 0.2) is 0 Å². The van der Waals surface area contributed by atoms with E-state index in [1.165, 1.54) is 5.56 Å². The van der Waals surface area contributed by atoms with Crippen molar-refractivity contribution in [1.82, 2.24) is 29.5 Å². The van der Waals surface area contributed by atoms with Crippen LogP contribution in [-0.4, -0.2) is 50.8 Å². The van der Waals surface area contributed by atoms with Crippen molar-refractivity contribution in [2.45, 2.75) is 20.0 Å². The Bertz CT molecular complexity index is 1810. The van der Waals surface area contributed by atoms with E-state index < -0.39 is 5.91 Å². The van der Waals surface area contributed by atoms with Crippen molar-refractivity contribution >= 4 is 39.8 Å². The van der Waals surface area contributed by atoms with Gasteiger partial charge in [-0.05, 0) is 68.4 Å². The summed E-state index contributed by atoms with van der Waals surface area (Å²) in [6.45, 7) is 3.19. The van der Waals surface area contributed by atoms with Crippen molar-refractivity contribution < 1.29 is 4.79 Å². The van der Waals surface area contributed by atoms with E-state index in [4.69, 9.17) is 0 Å². The van der Waals surface area contributed by atoms with Crippen LogP contribution in [0.1, 0.15) is 32.1 Å². The standard InChI is InChI=1S/C31H31N7O2S/c1-21-28(30(40)38(37(21)4)20-26-8-6-16-41-26)29(39)32-15-5-7-22-11-14-27-24(17-22)18-33-31(35-27)34-25-12-9-23(10-13-25)19-36(2)3/h6,8-14,16-18H,15,19-20H2,1-4H3,(H,32,39)(H,33,34,35). The van der Waals surface area contributed by atoms with Crippen LogP contribution in [0.4, 0.5) is 11.6 Å². The van der Waals surface area contributed by atoms with E-state index in [1.54, 1.807) is 40.9 Å². The number of nitrogens with one attached hydrogen (secondary N) is 2. The van der Waals surface area contributed by atoms with Crippen LogP contribution in [0.3, 0.4) is 0 Å². The maximum absolute atomic E-state index is 13.0. The Balaban J connectivity index is 1.21. The van der Waals surface area contributed by atoms with Crippen LogP contribution in [0.2, 0.25) is 0 Å². The summed E-state index contributed by atoms with van der Waals surface area (Å²) >= 11 is 1.57. The monoisotopic (exact) mass is 565 g/mol. The predicted molar refractivity (Wildman–Crippen MR) is 164 cm³/mol. The van der Waals surface area contributed by atoms with Gasteiger partial charge in [-0.1, -0.05) is 30.0 Å². The maximum atomic E-state index is 13.0. The van der Waals surface area contributed by atoms with E-state index in [0.29, 0.717) is 18.2 Å². The summed E-state index contributed by atoms with van der Waals surface area (Å²) in [5.41, 5.74) is 4.17. The number of hydrogen-bond donors (Lipinski definition) is 2. The van der Waals surface area contributed by atoms with Crippen molar-refractivity contribution in [3.63, 3.8) is 0 Å². The lowest BCUT2D eigenvalue weighted by molar-refractivity contribution is 0.0957. The van der Waals surface area contributed by atoms with Crippen LogP contribution in [0.15, 0.2) is 71.0 Å². The average molecular weight is 566 g/mol. The van der Waals surface area contributed by atoms with Gasteiger partial charge in [0.05, 0.1) is 18.6 Å². The summed E-state index contributed by atoms with van der Waals surface area (Å²) in [6, 6.07) is 17.8. The first-order chi connectivity index (χ1) is 19.8. The highest BCUT2D eigenvalue weighted by Crippen LogP contribution is 2.19. The first-order valence-electron chi connectivity index (χ1n) is 13.1. The number of carbonyl (C=O) groups is 1. The summed E-state index contributed by atoms with van der Waals surface area (Å²) in [7, 11) is 5.87. The minimum absolute atomic E-state index is 0.113. The number of thiophene rings is 1. The molecule has 41 heavy (non-hydrogen) atoms. The van der Waals surface area contributed by atoms with Crippen molar-refractivity contribution in [2.24, 2.45) is 7.05 Å². The van der Waals surface area contributed by atoms with E-state index in [0.717, 1.165) is 33.6 Å². The Morgan fingerprint density at radius 3 is 2.66 bits per heavy atom. The van der Waals surface area contributed by atoms with Crippen molar-refractivity contribution in [1.29, 1.82) is 0 Å². The molecule has 208 valence electrons. The lowest BCUT2D eigenvalue weighted by atomic mass is 10.1. The molecule has 5 aromatic rings. The fourth-order valence-electron chi connectivity index (χ4n) is 4.47. The van der Waals surface area contributed by atoms with Gasteiger partial charge in [0, 0.05) is 47.0 Å². The van der Waals surface area contributed by atoms with Crippen LogP contribution in [-0.2, 0) is 20.1 Å². The molecule has 2 N–H and O–H groups in total. The van der Waals surface area contributed by atoms with E-state index in [1.807, 2.05) is 61.9 Å². The lowest BCUT2D eigenvalue weighted by Gasteiger charge is -2.10. The molecular formula is C31H31N7O2S. The Hall–Kier alpha value is -4.72. The Morgan fingerprint density at radius 2 is 1.93 bits per heavy atom. The maximum Gasteiger partial charge on any atom is 0.280 e. The second kappa shape index (κ2) is 12.2. The molecule has 5 rings (SSSR count). The summed E-state index contributed by atoms with van der Waals surface area (Å²) in [5.74, 6) is 6.13. The normalized spacial score (nSPS) is 11.0. The number of aromatic nitrogens is 4. The van der Waals surface area contributed by atoms with Crippen molar-refractivity contribution in [2.75, 3.05) is 26.0 Å². The van der Waals surface area contributed by atoms with E-state index in [9.17, 15) is 9.59 Å². The van der Waals surface area contributed by atoms with Gasteiger partial charge in [-0.2, -0.15) is 0 Å². The second-order valence-corrected chi connectivity index (χ2v) is 11.0. The molecule has 10 heteroatoms. The highest BCUT2D eigenvalue weighted by molar-refractivity contribution is 7.09. The van der Waals surface area contributed by atoms with Crippen LogP contribution in [0, 0.1) is 18.8 Å². The molecule has 0 aliphatic carbocycles. The molecule has 0 aliphatic heterocycles. The van der Waals surface area contributed by atoms with E-state index >= 15 is 0 Å². The molecule has 3 aromatic heterocycles. The zero-order valence-electron chi connectivity index (χ0n) is 23.4. The van der Waals surface area contributed by atoms with Gasteiger partial charge in [0.2, 0.25) is 5.95 Å². The zero-order chi connectivity index (χ0) is 28.9. The topological polar surface area (TPSA) is 97.1 Å². The molecule has 0 radical (unpaired) electrons. The van der Waals surface area contributed by atoms with Crippen LogP contribution < -0.4 is 16.2 Å². The molecule has 0 atom stereocenters. The number of amides is 1. The molecule has 0 unspecified atom stereocenters. The summed E-state index contributed by atoms with van der Waals surface area (Å²) in [6.07, 6.45) is 1.76. The van der Waals surface area contributed by atoms with Gasteiger partial charge >= 0.3 is 0 Å². The molecule has 0 spiro atoms. The molecule has 0 fully saturated rings. The predicted octanol–water partition coefficient (Wildman–Crippen LogP) is 4.13.